The first-order valence-electron chi connectivity index (χ1n) is 5.96. The number of hydrogen-bond acceptors (Lipinski definition) is 6. The summed E-state index contributed by atoms with van der Waals surface area (Å²) in [5.74, 6) is 0.0000179. The van der Waals surface area contributed by atoms with Gasteiger partial charge in [0.15, 0.2) is 5.82 Å². The predicted octanol–water partition coefficient (Wildman–Crippen LogP) is 1.12. The molecule has 110 valence electrons. The number of nitrogens with one attached hydrogen (secondary N) is 1. The molecule has 2 heterocycles. The van der Waals surface area contributed by atoms with Crippen LogP contribution >= 0.6 is 11.3 Å². The van der Waals surface area contributed by atoms with E-state index in [-0.39, 0.29) is 10.7 Å². The summed E-state index contributed by atoms with van der Waals surface area (Å²) in [6.45, 7) is 5.33. The highest BCUT2D eigenvalue weighted by molar-refractivity contribution is 7.89. The van der Waals surface area contributed by atoms with Crippen molar-refractivity contribution in [2.45, 2.75) is 31.7 Å². The lowest BCUT2D eigenvalue weighted by atomic mass is 10.4. The Morgan fingerprint density at radius 1 is 1.45 bits per heavy atom. The Hall–Kier alpha value is -1.45. The molecule has 0 aliphatic heterocycles. The quantitative estimate of drug-likeness (QED) is 0.880. The molecular formula is C11H17N5O2S2. The molecule has 1 unspecified atom stereocenters. The molecule has 2 aromatic heterocycles. The summed E-state index contributed by atoms with van der Waals surface area (Å²) in [7, 11) is -2.08. The van der Waals surface area contributed by atoms with Crippen LogP contribution < -0.4 is 10.5 Å². The van der Waals surface area contributed by atoms with Gasteiger partial charge < -0.3 is 5.73 Å². The first-order chi connectivity index (χ1) is 9.22. The number of aryl methyl sites for hydroxylation is 2. The van der Waals surface area contributed by atoms with Gasteiger partial charge in [0, 0.05) is 18.1 Å². The lowest BCUT2D eigenvalue weighted by Crippen LogP contribution is -2.27. The maximum absolute atomic E-state index is 12.4. The zero-order valence-corrected chi connectivity index (χ0v) is 13.3. The lowest BCUT2D eigenvalue weighted by molar-refractivity contribution is 0.565. The smallest absolute Gasteiger partial charge is 0.246 e. The van der Waals surface area contributed by atoms with Gasteiger partial charge >= 0.3 is 0 Å². The van der Waals surface area contributed by atoms with E-state index in [2.05, 4.69) is 14.8 Å². The average Bonchev–Trinajstić information content (AvgIpc) is 2.84. The molecule has 20 heavy (non-hydrogen) atoms. The van der Waals surface area contributed by atoms with E-state index >= 15 is 0 Å². The van der Waals surface area contributed by atoms with Crippen LogP contribution in [0.15, 0.2) is 11.1 Å². The molecule has 0 radical (unpaired) electrons. The second kappa shape index (κ2) is 5.15. The monoisotopic (exact) mass is 315 g/mol. The number of aromatic nitrogens is 3. The highest BCUT2D eigenvalue weighted by Gasteiger charge is 2.27. The Morgan fingerprint density at radius 3 is 2.55 bits per heavy atom. The molecule has 0 aromatic carbocycles. The van der Waals surface area contributed by atoms with Crippen LogP contribution in [0, 0.1) is 13.8 Å². The summed E-state index contributed by atoms with van der Waals surface area (Å²) in [5, 5.41) is 4.64. The first kappa shape index (κ1) is 14.9. The minimum atomic E-state index is -3.73. The van der Waals surface area contributed by atoms with E-state index in [1.807, 2.05) is 6.92 Å². The summed E-state index contributed by atoms with van der Waals surface area (Å²) in [5.41, 5.74) is 6.18. The van der Waals surface area contributed by atoms with Crippen molar-refractivity contribution in [1.29, 1.82) is 0 Å². The predicted molar refractivity (Wildman–Crippen MR) is 77.9 cm³/mol. The van der Waals surface area contributed by atoms with Gasteiger partial charge in [-0.25, -0.2) is 18.1 Å². The molecule has 0 spiro atoms. The number of nitrogens with two attached hydrogens (primary N) is 1. The van der Waals surface area contributed by atoms with E-state index in [0.29, 0.717) is 10.7 Å². The van der Waals surface area contributed by atoms with Crippen molar-refractivity contribution >= 4 is 27.2 Å². The molecule has 0 aliphatic carbocycles. The zero-order chi connectivity index (χ0) is 15.1. The van der Waals surface area contributed by atoms with Crippen LogP contribution in [0.5, 0.6) is 0 Å². The number of anilines is 1. The van der Waals surface area contributed by atoms with E-state index in [1.165, 1.54) is 16.0 Å². The third kappa shape index (κ3) is 2.69. The van der Waals surface area contributed by atoms with Crippen molar-refractivity contribution in [1.82, 2.24) is 19.5 Å². The molecular weight excluding hydrogens is 298 g/mol. The Labute approximate surface area is 121 Å². The fourth-order valence-electron chi connectivity index (χ4n) is 1.86. The molecule has 2 rings (SSSR count). The Bertz CT molecular complexity index is 732. The van der Waals surface area contributed by atoms with E-state index in [4.69, 9.17) is 5.73 Å². The Balaban J connectivity index is 2.32. The number of thiazole rings is 1. The molecule has 9 heteroatoms. The molecule has 0 fully saturated rings. The van der Waals surface area contributed by atoms with Crippen LogP contribution in [-0.2, 0) is 17.1 Å². The van der Waals surface area contributed by atoms with Crippen LogP contribution in [-0.4, -0.2) is 23.2 Å². The van der Waals surface area contributed by atoms with Gasteiger partial charge in [0.25, 0.3) is 0 Å². The standard InChI is InChI=1S/C11H17N5O2S2/c1-6-5-13-11(19-6)7(2)15-20(17,18)9-8(3)16(4)14-10(9)12/h5,7,15H,1-4H3,(H2,12,14). The van der Waals surface area contributed by atoms with Crippen molar-refractivity contribution in [2.75, 3.05) is 5.73 Å². The Kier molecular flexibility index (Phi) is 3.85. The molecule has 0 bridgehead atoms. The molecule has 3 N–H and O–H groups in total. The molecule has 0 saturated heterocycles. The third-order valence-electron chi connectivity index (χ3n) is 2.91. The molecule has 1 atom stereocenters. The van der Waals surface area contributed by atoms with Crippen molar-refractivity contribution in [3.8, 4) is 0 Å². The summed E-state index contributed by atoms with van der Waals surface area (Å²) in [6, 6.07) is -0.419. The maximum atomic E-state index is 12.4. The van der Waals surface area contributed by atoms with Gasteiger partial charge in [-0.3, -0.25) is 4.68 Å². The van der Waals surface area contributed by atoms with Gasteiger partial charge in [-0.1, -0.05) is 0 Å². The van der Waals surface area contributed by atoms with Crippen LogP contribution in [0.2, 0.25) is 0 Å². The van der Waals surface area contributed by atoms with Gasteiger partial charge in [0.05, 0.1) is 11.7 Å². The van der Waals surface area contributed by atoms with Gasteiger partial charge in [-0.2, -0.15) is 5.10 Å². The van der Waals surface area contributed by atoms with Crippen LogP contribution in [0.4, 0.5) is 5.82 Å². The molecule has 2 aromatic rings. The highest BCUT2D eigenvalue weighted by atomic mass is 32.2. The van der Waals surface area contributed by atoms with Crippen molar-refractivity contribution in [2.24, 2.45) is 7.05 Å². The number of hydrogen-bond donors (Lipinski definition) is 2. The second-order valence-electron chi connectivity index (χ2n) is 4.58. The second-order valence-corrected chi connectivity index (χ2v) is 7.49. The summed E-state index contributed by atoms with van der Waals surface area (Å²) in [6.07, 6.45) is 1.72. The van der Waals surface area contributed by atoms with Crippen molar-refractivity contribution in [3.63, 3.8) is 0 Å². The molecule has 0 saturated carbocycles. The Morgan fingerprint density at radius 2 is 2.10 bits per heavy atom. The summed E-state index contributed by atoms with van der Waals surface area (Å²) < 4.78 is 28.9. The van der Waals surface area contributed by atoms with Crippen molar-refractivity contribution < 1.29 is 8.42 Å². The summed E-state index contributed by atoms with van der Waals surface area (Å²) in [4.78, 5) is 5.24. The van der Waals surface area contributed by atoms with Crippen LogP contribution in [0.1, 0.15) is 28.5 Å². The van der Waals surface area contributed by atoms with Gasteiger partial charge in [-0.05, 0) is 20.8 Å². The fourth-order valence-corrected chi connectivity index (χ4v) is 4.24. The number of sulfonamides is 1. The fraction of sp³-hybridized carbons (Fsp3) is 0.455. The molecule has 0 aliphatic rings. The zero-order valence-electron chi connectivity index (χ0n) is 11.7. The van der Waals surface area contributed by atoms with Gasteiger partial charge in [0.2, 0.25) is 10.0 Å². The van der Waals surface area contributed by atoms with Gasteiger partial charge in [-0.15, -0.1) is 11.3 Å². The van der Waals surface area contributed by atoms with Crippen LogP contribution in [0.3, 0.4) is 0 Å². The van der Waals surface area contributed by atoms with E-state index in [9.17, 15) is 8.42 Å². The third-order valence-corrected chi connectivity index (χ3v) is 5.72. The topological polar surface area (TPSA) is 103 Å². The minimum absolute atomic E-state index is 0.0000179. The summed E-state index contributed by atoms with van der Waals surface area (Å²) >= 11 is 1.46. The maximum Gasteiger partial charge on any atom is 0.246 e. The molecule has 7 nitrogen and oxygen atoms in total. The number of nitrogens with zero attached hydrogens (tertiary/aromatic N) is 3. The van der Waals surface area contributed by atoms with Gasteiger partial charge in [0.1, 0.15) is 9.90 Å². The minimum Gasteiger partial charge on any atom is -0.381 e. The largest absolute Gasteiger partial charge is 0.381 e. The molecule has 0 amide bonds. The number of rotatable bonds is 4. The van der Waals surface area contributed by atoms with E-state index in [1.54, 1.807) is 27.1 Å². The van der Waals surface area contributed by atoms with E-state index in [0.717, 1.165) is 4.88 Å². The average molecular weight is 315 g/mol. The lowest BCUT2D eigenvalue weighted by Gasteiger charge is -2.12. The first-order valence-corrected chi connectivity index (χ1v) is 8.26. The number of nitrogen functional groups attached to an aromatic ring is 1. The highest BCUT2D eigenvalue weighted by Crippen LogP contribution is 2.25. The SMILES string of the molecule is Cc1cnc(C(C)NS(=O)(=O)c2c(N)nn(C)c2C)s1. The van der Waals surface area contributed by atoms with E-state index < -0.39 is 16.1 Å². The normalized spacial score (nSPS) is 13.6. The van der Waals surface area contributed by atoms with Crippen LogP contribution in [0.25, 0.3) is 0 Å². The van der Waals surface area contributed by atoms with Crippen molar-refractivity contribution in [3.05, 3.63) is 21.8 Å².